The third kappa shape index (κ3) is 2.23. The number of esters is 1. The third-order valence-electron chi connectivity index (χ3n) is 8.70. The number of carbonyl (C=O) groups is 2. The number of ketones is 1. The molecule has 4 aliphatic carbocycles. The van der Waals surface area contributed by atoms with Crippen LogP contribution in [0.4, 0.5) is 0 Å². The Kier molecular flexibility index (Phi) is 3.76. The number of rotatable bonds is 2. The van der Waals surface area contributed by atoms with Crippen molar-refractivity contribution in [2.24, 2.45) is 34.0 Å². The molecule has 25 heavy (non-hydrogen) atoms. The van der Waals surface area contributed by atoms with E-state index in [1.54, 1.807) is 0 Å². The van der Waals surface area contributed by atoms with Gasteiger partial charge in [0.15, 0.2) is 5.78 Å². The summed E-state index contributed by atoms with van der Waals surface area (Å²) < 4.78 is 5.49. The Morgan fingerprint density at radius 2 is 1.92 bits per heavy atom. The summed E-state index contributed by atoms with van der Waals surface area (Å²) in [6, 6.07) is 0. The first-order chi connectivity index (χ1) is 11.7. The fourth-order valence-electron chi connectivity index (χ4n) is 7.69. The van der Waals surface area contributed by atoms with Crippen LogP contribution in [0.2, 0.25) is 0 Å². The molecule has 4 rings (SSSR count). The Labute approximate surface area is 151 Å². The first kappa shape index (κ1) is 17.3. The predicted octanol–water partition coefficient (Wildman–Crippen LogP) is 4.70. The summed E-state index contributed by atoms with van der Waals surface area (Å²) >= 11 is 0. The summed E-state index contributed by atoms with van der Waals surface area (Å²) in [4.78, 5) is 24.6. The molecule has 6 atom stereocenters. The van der Waals surface area contributed by atoms with Crippen LogP contribution in [0.15, 0.2) is 12.2 Å². The second-order valence-corrected chi connectivity index (χ2v) is 9.93. The molecule has 4 unspecified atom stereocenters. The molecule has 4 saturated carbocycles. The van der Waals surface area contributed by atoms with Crippen LogP contribution >= 0.6 is 0 Å². The summed E-state index contributed by atoms with van der Waals surface area (Å²) in [5.41, 5.74) is 1.04. The maximum atomic E-state index is 13.2. The Morgan fingerprint density at radius 3 is 2.64 bits per heavy atom. The number of fused-ring (bicyclic) bond motifs is 3. The minimum atomic E-state index is -0.177. The van der Waals surface area contributed by atoms with Crippen LogP contribution in [0.3, 0.4) is 0 Å². The van der Waals surface area contributed by atoms with Gasteiger partial charge in [-0.3, -0.25) is 9.59 Å². The zero-order valence-electron chi connectivity index (χ0n) is 16.0. The summed E-state index contributed by atoms with van der Waals surface area (Å²) in [7, 11) is 0. The highest BCUT2D eigenvalue weighted by atomic mass is 16.5. The molecule has 0 radical (unpaired) electrons. The number of allylic oxidation sites excluding steroid dienone is 1. The molecule has 1 spiro atoms. The highest BCUT2D eigenvalue weighted by Crippen LogP contribution is 2.71. The van der Waals surface area contributed by atoms with Crippen LogP contribution < -0.4 is 0 Å². The topological polar surface area (TPSA) is 43.4 Å². The largest absolute Gasteiger partial charge is 0.465 e. The van der Waals surface area contributed by atoms with Crippen molar-refractivity contribution in [3.8, 4) is 0 Å². The minimum absolute atomic E-state index is 0.0514. The molecule has 0 N–H and O–H groups in total. The number of hydrogen-bond donors (Lipinski definition) is 0. The van der Waals surface area contributed by atoms with Crippen molar-refractivity contribution in [3.05, 3.63) is 12.2 Å². The number of hydrogen-bond acceptors (Lipinski definition) is 3. The summed E-state index contributed by atoms with van der Waals surface area (Å²) in [5.74, 6) is 1.69. The molecule has 3 nitrogen and oxygen atoms in total. The Hall–Kier alpha value is -1.12. The number of carbonyl (C=O) groups excluding carboxylic acids is 2. The van der Waals surface area contributed by atoms with Crippen molar-refractivity contribution >= 4 is 11.8 Å². The zero-order valence-corrected chi connectivity index (χ0v) is 16.0. The van der Waals surface area contributed by atoms with Gasteiger partial charge in [-0.2, -0.15) is 0 Å². The molecule has 0 heterocycles. The normalized spacial score (nSPS) is 48.7. The van der Waals surface area contributed by atoms with Gasteiger partial charge in [-0.25, -0.2) is 0 Å². The van der Waals surface area contributed by atoms with E-state index >= 15 is 0 Å². The van der Waals surface area contributed by atoms with Gasteiger partial charge in [-0.05, 0) is 73.7 Å². The SMILES string of the molecule is C=C1C(=O)C23CCC4[C@@](C)(COC(C)=O)CCC[C@@]4(C)C2CCC1C3. The lowest BCUT2D eigenvalue weighted by Crippen LogP contribution is -2.58. The number of Topliss-reactive ketones (excluding diaryl/α,β-unsaturated/α-hetero) is 1. The van der Waals surface area contributed by atoms with E-state index in [-0.39, 0.29) is 22.2 Å². The zero-order chi connectivity index (χ0) is 18.0. The van der Waals surface area contributed by atoms with E-state index in [1.807, 2.05) is 0 Å². The van der Waals surface area contributed by atoms with Crippen LogP contribution in [0.5, 0.6) is 0 Å². The van der Waals surface area contributed by atoms with Crippen molar-refractivity contribution < 1.29 is 14.3 Å². The molecule has 4 aliphatic rings. The van der Waals surface area contributed by atoms with Crippen molar-refractivity contribution in [1.29, 1.82) is 0 Å². The molecule has 3 heteroatoms. The highest BCUT2D eigenvalue weighted by molar-refractivity contribution is 6.03. The minimum Gasteiger partial charge on any atom is -0.465 e. The standard InChI is InChI=1S/C22H32O3/c1-14-16-6-7-18-21(4)10-5-9-20(3,13-25-15(2)23)17(21)8-11-22(18,12-16)19(14)24/h16-18H,1,5-13H2,2-4H3/t16?,17?,18?,20-,21-,22?/m1/s1. The van der Waals surface area contributed by atoms with Crippen LogP contribution in [-0.4, -0.2) is 18.4 Å². The first-order valence-electron chi connectivity index (χ1n) is 10.1. The number of ether oxygens (including phenoxy) is 1. The molecule has 0 amide bonds. The van der Waals surface area contributed by atoms with E-state index in [0.717, 1.165) is 37.7 Å². The van der Waals surface area contributed by atoms with Gasteiger partial charge in [0.25, 0.3) is 0 Å². The molecule has 138 valence electrons. The Balaban J connectivity index is 1.69. The van der Waals surface area contributed by atoms with Crippen molar-refractivity contribution in [1.82, 2.24) is 0 Å². The van der Waals surface area contributed by atoms with Crippen LogP contribution in [-0.2, 0) is 14.3 Å². The van der Waals surface area contributed by atoms with Crippen molar-refractivity contribution in [2.75, 3.05) is 6.61 Å². The summed E-state index contributed by atoms with van der Waals surface area (Å²) in [6.07, 6.45) is 8.99. The lowest BCUT2D eigenvalue weighted by molar-refractivity contribution is -0.176. The fourth-order valence-corrected chi connectivity index (χ4v) is 7.69. The van der Waals surface area contributed by atoms with Gasteiger partial charge in [0.2, 0.25) is 0 Å². The van der Waals surface area contributed by atoms with E-state index in [9.17, 15) is 9.59 Å². The van der Waals surface area contributed by atoms with Crippen molar-refractivity contribution in [3.63, 3.8) is 0 Å². The summed E-state index contributed by atoms with van der Waals surface area (Å²) in [5, 5.41) is 0. The molecule has 0 aromatic carbocycles. The second kappa shape index (κ2) is 5.44. The lowest BCUT2D eigenvalue weighted by Gasteiger charge is -2.63. The third-order valence-corrected chi connectivity index (χ3v) is 8.70. The molecule has 0 aromatic rings. The fraction of sp³-hybridized carbons (Fsp3) is 0.818. The van der Waals surface area contributed by atoms with Gasteiger partial charge < -0.3 is 4.74 Å². The van der Waals surface area contributed by atoms with Gasteiger partial charge in [-0.15, -0.1) is 0 Å². The average Bonchev–Trinajstić information content (AvgIpc) is 2.73. The quantitative estimate of drug-likeness (QED) is 0.539. The maximum absolute atomic E-state index is 13.2. The van der Waals surface area contributed by atoms with Gasteiger partial charge in [0, 0.05) is 17.8 Å². The Morgan fingerprint density at radius 1 is 1.16 bits per heavy atom. The van der Waals surface area contributed by atoms with Crippen LogP contribution in [0.1, 0.15) is 72.1 Å². The molecule has 0 aliphatic heterocycles. The molecule has 4 fully saturated rings. The lowest BCUT2D eigenvalue weighted by atomic mass is 9.41. The average molecular weight is 344 g/mol. The van der Waals surface area contributed by atoms with Crippen LogP contribution in [0, 0.1) is 34.0 Å². The smallest absolute Gasteiger partial charge is 0.302 e. The maximum Gasteiger partial charge on any atom is 0.302 e. The van der Waals surface area contributed by atoms with Gasteiger partial charge in [-0.1, -0.05) is 26.8 Å². The molecular weight excluding hydrogens is 312 g/mol. The molecule has 0 saturated heterocycles. The highest BCUT2D eigenvalue weighted by Gasteiger charge is 2.66. The summed E-state index contributed by atoms with van der Waals surface area (Å²) in [6.45, 7) is 11.0. The van der Waals surface area contributed by atoms with E-state index in [2.05, 4.69) is 20.4 Å². The molecule has 0 aromatic heterocycles. The Bertz CT molecular complexity index is 637. The van der Waals surface area contributed by atoms with E-state index in [0.29, 0.717) is 30.1 Å². The van der Waals surface area contributed by atoms with Gasteiger partial charge in [0.1, 0.15) is 0 Å². The monoisotopic (exact) mass is 344 g/mol. The van der Waals surface area contributed by atoms with Crippen LogP contribution in [0.25, 0.3) is 0 Å². The van der Waals surface area contributed by atoms with Crippen molar-refractivity contribution in [2.45, 2.75) is 72.1 Å². The van der Waals surface area contributed by atoms with Gasteiger partial charge >= 0.3 is 5.97 Å². The van der Waals surface area contributed by atoms with E-state index in [4.69, 9.17) is 4.74 Å². The molecular formula is C22H32O3. The second-order valence-electron chi connectivity index (χ2n) is 9.93. The van der Waals surface area contributed by atoms with E-state index in [1.165, 1.54) is 26.2 Å². The van der Waals surface area contributed by atoms with E-state index < -0.39 is 0 Å². The first-order valence-corrected chi connectivity index (χ1v) is 10.1. The predicted molar refractivity (Wildman–Crippen MR) is 96.8 cm³/mol. The molecule has 2 bridgehead atoms. The van der Waals surface area contributed by atoms with Gasteiger partial charge in [0.05, 0.1) is 6.61 Å².